The highest BCUT2D eigenvalue weighted by Crippen LogP contribution is 2.23. The van der Waals surface area contributed by atoms with Crippen LogP contribution in [0.3, 0.4) is 0 Å². The number of nitrogens with one attached hydrogen (secondary N) is 1. The summed E-state index contributed by atoms with van der Waals surface area (Å²) in [5.41, 5.74) is 0.524. The maximum Gasteiger partial charge on any atom is 0.254 e. The van der Waals surface area contributed by atoms with Crippen molar-refractivity contribution >= 4 is 21.8 Å². The first-order valence-corrected chi connectivity index (χ1v) is 6.89. The molecule has 1 aliphatic rings. The summed E-state index contributed by atoms with van der Waals surface area (Å²) in [6.45, 7) is 0. The summed E-state index contributed by atoms with van der Waals surface area (Å²) in [5.74, 6) is -0.0815. The second-order valence-corrected chi connectivity index (χ2v) is 5.54. The van der Waals surface area contributed by atoms with Crippen LogP contribution in [-0.2, 0) is 0 Å². The van der Waals surface area contributed by atoms with Crippen LogP contribution in [0.4, 0.5) is 0 Å². The molecule has 1 saturated carbocycles. The van der Waals surface area contributed by atoms with Crippen LogP contribution in [0.2, 0.25) is 0 Å². The molecule has 1 N–H and O–H groups in total. The van der Waals surface area contributed by atoms with E-state index in [4.69, 9.17) is 0 Å². The van der Waals surface area contributed by atoms with Gasteiger partial charge < -0.3 is 5.32 Å². The Morgan fingerprint density at radius 1 is 1.24 bits per heavy atom. The van der Waals surface area contributed by atoms with Crippen molar-refractivity contribution in [2.24, 2.45) is 0 Å². The number of nitrogens with zero attached hydrogens (tertiary/aromatic N) is 2. The molecule has 2 rings (SSSR count). The Balaban J connectivity index is 1.98. The Morgan fingerprint density at radius 2 is 1.94 bits per heavy atom. The van der Waals surface area contributed by atoms with Crippen LogP contribution in [0.25, 0.3) is 0 Å². The Bertz CT molecular complexity index is 371. The minimum atomic E-state index is -0.0815. The predicted octanol–water partition coefficient (Wildman–Crippen LogP) is 2.30. The van der Waals surface area contributed by atoms with E-state index >= 15 is 0 Å². The summed E-state index contributed by atoms with van der Waals surface area (Å²) in [5, 5.41) is 3.06. The average molecular weight is 298 g/mol. The molecule has 4 nitrogen and oxygen atoms in total. The van der Waals surface area contributed by atoms with Crippen LogP contribution >= 0.6 is 15.9 Å². The van der Waals surface area contributed by atoms with Gasteiger partial charge in [-0.3, -0.25) is 4.79 Å². The number of alkyl halides is 1. The van der Waals surface area contributed by atoms with Crippen molar-refractivity contribution in [2.45, 2.75) is 43.0 Å². The van der Waals surface area contributed by atoms with Gasteiger partial charge in [-0.1, -0.05) is 35.2 Å². The van der Waals surface area contributed by atoms with Crippen molar-refractivity contribution in [1.29, 1.82) is 0 Å². The van der Waals surface area contributed by atoms with E-state index in [1.165, 1.54) is 25.6 Å². The molecule has 1 amide bonds. The molecule has 0 aliphatic heterocycles. The van der Waals surface area contributed by atoms with Gasteiger partial charge in [-0.05, 0) is 12.8 Å². The minimum Gasteiger partial charge on any atom is -0.348 e. The molecule has 5 heteroatoms. The highest BCUT2D eigenvalue weighted by atomic mass is 79.9. The van der Waals surface area contributed by atoms with Crippen LogP contribution in [0.5, 0.6) is 0 Å². The zero-order valence-electron chi connectivity index (χ0n) is 9.60. The molecule has 0 radical (unpaired) electrons. The Labute approximate surface area is 109 Å². The number of aromatic nitrogens is 2. The van der Waals surface area contributed by atoms with Crippen LogP contribution in [0.1, 0.15) is 42.5 Å². The molecule has 1 aromatic rings. The molecule has 0 spiro atoms. The van der Waals surface area contributed by atoms with Crippen LogP contribution < -0.4 is 5.32 Å². The first kappa shape index (κ1) is 12.5. The molecule has 1 aliphatic carbocycles. The minimum absolute atomic E-state index is 0.0815. The maximum atomic E-state index is 12.0. The van der Waals surface area contributed by atoms with Gasteiger partial charge in [0.1, 0.15) is 6.33 Å². The van der Waals surface area contributed by atoms with Crippen molar-refractivity contribution in [3.8, 4) is 0 Å². The van der Waals surface area contributed by atoms with Crippen LogP contribution in [0, 0.1) is 0 Å². The molecule has 92 valence electrons. The quantitative estimate of drug-likeness (QED) is 0.673. The van der Waals surface area contributed by atoms with Gasteiger partial charge in [0, 0.05) is 23.3 Å². The van der Waals surface area contributed by atoms with Gasteiger partial charge in [0.15, 0.2) is 0 Å². The third kappa shape index (κ3) is 3.49. The topological polar surface area (TPSA) is 54.9 Å². The van der Waals surface area contributed by atoms with E-state index in [0.29, 0.717) is 10.4 Å². The predicted molar refractivity (Wildman–Crippen MR) is 69.1 cm³/mol. The van der Waals surface area contributed by atoms with Crippen molar-refractivity contribution in [3.05, 3.63) is 24.3 Å². The van der Waals surface area contributed by atoms with E-state index in [1.54, 1.807) is 12.4 Å². The fourth-order valence-electron chi connectivity index (χ4n) is 2.09. The van der Waals surface area contributed by atoms with E-state index in [0.717, 1.165) is 12.8 Å². The third-order valence-corrected chi connectivity index (χ3v) is 4.17. The Hall–Kier alpha value is -0.970. The molecule has 1 aromatic heterocycles. The molecule has 17 heavy (non-hydrogen) atoms. The number of hydrogen-bond donors (Lipinski definition) is 1. The molecular weight excluding hydrogens is 282 g/mol. The van der Waals surface area contributed by atoms with Gasteiger partial charge in [-0.25, -0.2) is 9.97 Å². The lowest BCUT2D eigenvalue weighted by molar-refractivity contribution is 0.0934. The fraction of sp³-hybridized carbons (Fsp3) is 0.583. The van der Waals surface area contributed by atoms with Gasteiger partial charge in [0.2, 0.25) is 0 Å². The van der Waals surface area contributed by atoms with Crippen LogP contribution in [0.15, 0.2) is 18.7 Å². The molecule has 2 atom stereocenters. The van der Waals surface area contributed by atoms with Crippen molar-refractivity contribution in [3.63, 3.8) is 0 Å². The van der Waals surface area contributed by atoms with E-state index in [-0.39, 0.29) is 11.9 Å². The van der Waals surface area contributed by atoms with Crippen molar-refractivity contribution in [1.82, 2.24) is 15.3 Å². The number of carbonyl (C=O) groups excluding carboxylic acids is 1. The molecular formula is C12H16BrN3O. The van der Waals surface area contributed by atoms with Gasteiger partial charge in [0.25, 0.3) is 5.91 Å². The normalized spacial score (nSPS) is 25.0. The summed E-state index contributed by atoms with van der Waals surface area (Å²) >= 11 is 3.66. The maximum absolute atomic E-state index is 12.0. The van der Waals surface area contributed by atoms with E-state index in [2.05, 4.69) is 31.2 Å². The van der Waals surface area contributed by atoms with Gasteiger partial charge in [-0.15, -0.1) is 0 Å². The molecule has 2 unspecified atom stereocenters. The zero-order valence-corrected chi connectivity index (χ0v) is 11.2. The second kappa shape index (κ2) is 6.10. The second-order valence-electron chi connectivity index (χ2n) is 4.36. The Morgan fingerprint density at radius 3 is 2.71 bits per heavy atom. The number of amides is 1. The lowest BCUT2D eigenvalue weighted by Crippen LogP contribution is -2.40. The molecule has 1 heterocycles. The van der Waals surface area contributed by atoms with E-state index in [9.17, 15) is 4.79 Å². The first-order valence-electron chi connectivity index (χ1n) is 5.97. The smallest absolute Gasteiger partial charge is 0.254 e. The third-order valence-electron chi connectivity index (χ3n) is 3.07. The summed E-state index contributed by atoms with van der Waals surface area (Å²) in [6.07, 6.45) is 10.3. The highest BCUT2D eigenvalue weighted by molar-refractivity contribution is 9.09. The lowest BCUT2D eigenvalue weighted by atomic mass is 10.1. The lowest BCUT2D eigenvalue weighted by Gasteiger charge is -2.21. The summed E-state index contributed by atoms with van der Waals surface area (Å²) in [4.78, 5) is 20.0. The molecule has 0 aromatic carbocycles. The first-order chi connectivity index (χ1) is 8.27. The average Bonchev–Trinajstić information content (AvgIpc) is 2.56. The number of rotatable bonds is 2. The highest BCUT2D eigenvalue weighted by Gasteiger charge is 2.23. The summed E-state index contributed by atoms with van der Waals surface area (Å²) < 4.78 is 0. The summed E-state index contributed by atoms with van der Waals surface area (Å²) in [6, 6.07) is 0.213. The number of hydrogen-bond acceptors (Lipinski definition) is 3. The van der Waals surface area contributed by atoms with Gasteiger partial charge >= 0.3 is 0 Å². The largest absolute Gasteiger partial charge is 0.348 e. The number of carbonyl (C=O) groups is 1. The fourth-order valence-corrected chi connectivity index (χ4v) is 2.81. The zero-order chi connectivity index (χ0) is 12.1. The molecule has 1 fully saturated rings. The monoisotopic (exact) mass is 297 g/mol. The van der Waals surface area contributed by atoms with Crippen molar-refractivity contribution < 1.29 is 4.79 Å². The molecule has 0 saturated heterocycles. The standard InChI is InChI=1S/C12H16BrN3O/c13-10-4-2-1-3-5-11(10)16-12(17)9-6-14-8-15-7-9/h6-8,10-11H,1-5H2,(H,16,17). The Kier molecular flexibility index (Phi) is 4.48. The van der Waals surface area contributed by atoms with E-state index in [1.807, 2.05) is 0 Å². The SMILES string of the molecule is O=C(NC1CCCCCC1Br)c1cncnc1. The summed E-state index contributed by atoms with van der Waals surface area (Å²) in [7, 11) is 0. The van der Waals surface area contributed by atoms with E-state index < -0.39 is 0 Å². The van der Waals surface area contributed by atoms with Gasteiger partial charge in [0.05, 0.1) is 5.56 Å². The number of halogens is 1. The van der Waals surface area contributed by atoms with Crippen LogP contribution in [-0.4, -0.2) is 26.7 Å². The van der Waals surface area contributed by atoms with Gasteiger partial charge in [-0.2, -0.15) is 0 Å². The van der Waals surface area contributed by atoms with Crippen molar-refractivity contribution in [2.75, 3.05) is 0 Å². The molecule has 0 bridgehead atoms.